The van der Waals surface area contributed by atoms with E-state index >= 15 is 0 Å². The molecule has 0 spiro atoms. The summed E-state index contributed by atoms with van der Waals surface area (Å²) in [5.74, 6) is 1.92. The van der Waals surface area contributed by atoms with Gasteiger partial charge in [-0.15, -0.1) is 0 Å². The Kier molecular flexibility index (Phi) is 2.72. The van der Waals surface area contributed by atoms with E-state index in [1.54, 1.807) is 0 Å². The summed E-state index contributed by atoms with van der Waals surface area (Å²) < 4.78 is 5.69. The SMILES string of the molecule is Clc1ccc(C2(C3CCNCC3)CCC2)o1. The van der Waals surface area contributed by atoms with Crippen molar-refractivity contribution in [2.45, 2.75) is 37.5 Å². The van der Waals surface area contributed by atoms with E-state index in [1.807, 2.05) is 6.07 Å². The Hall–Kier alpha value is -0.470. The summed E-state index contributed by atoms with van der Waals surface area (Å²) in [5.41, 5.74) is 0.315. The van der Waals surface area contributed by atoms with Crippen molar-refractivity contribution in [1.29, 1.82) is 0 Å². The van der Waals surface area contributed by atoms with Gasteiger partial charge in [-0.2, -0.15) is 0 Å². The molecular weight excluding hydrogens is 222 g/mol. The van der Waals surface area contributed by atoms with E-state index in [9.17, 15) is 0 Å². The van der Waals surface area contributed by atoms with Crippen molar-refractivity contribution in [2.24, 2.45) is 5.92 Å². The maximum absolute atomic E-state index is 5.91. The van der Waals surface area contributed by atoms with Crippen LogP contribution in [-0.4, -0.2) is 13.1 Å². The molecule has 2 fully saturated rings. The Balaban J connectivity index is 1.87. The van der Waals surface area contributed by atoms with E-state index < -0.39 is 0 Å². The third-order valence-electron chi connectivity index (χ3n) is 4.43. The number of hydrogen-bond acceptors (Lipinski definition) is 2. The molecule has 1 N–H and O–H groups in total. The van der Waals surface area contributed by atoms with Crippen LogP contribution < -0.4 is 5.32 Å². The van der Waals surface area contributed by atoms with E-state index in [-0.39, 0.29) is 0 Å². The van der Waals surface area contributed by atoms with Crippen LogP contribution in [-0.2, 0) is 5.41 Å². The molecule has 3 rings (SSSR count). The fourth-order valence-electron chi connectivity index (χ4n) is 3.37. The predicted octanol–water partition coefficient (Wildman–Crippen LogP) is 3.35. The minimum absolute atomic E-state index is 0.315. The summed E-state index contributed by atoms with van der Waals surface area (Å²) in [6.45, 7) is 2.31. The van der Waals surface area contributed by atoms with Gasteiger partial charge in [0, 0.05) is 5.41 Å². The van der Waals surface area contributed by atoms with Crippen LogP contribution in [0.3, 0.4) is 0 Å². The molecule has 16 heavy (non-hydrogen) atoms. The molecule has 0 bridgehead atoms. The minimum atomic E-state index is 0.315. The second-order valence-electron chi connectivity index (χ2n) is 5.14. The van der Waals surface area contributed by atoms with Gasteiger partial charge in [-0.25, -0.2) is 0 Å². The van der Waals surface area contributed by atoms with Gasteiger partial charge < -0.3 is 9.73 Å². The van der Waals surface area contributed by atoms with Crippen molar-refractivity contribution in [3.8, 4) is 0 Å². The summed E-state index contributed by atoms with van der Waals surface area (Å²) >= 11 is 5.91. The lowest BCUT2D eigenvalue weighted by Gasteiger charge is -2.48. The van der Waals surface area contributed by atoms with Crippen molar-refractivity contribution in [3.63, 3.8) is 0 Å². The summed E-state index contributed by atoms with van der Waals surface area (Å²) in [4.78, 5) is 0. The molecular formula is C13H18ClNO. The molecule has 0 aromatic carbocycles. The normalized spacial score (nSPS) is 25.3. The van der Waals surface area contributed by atoms with E-state index in [1.165, 1.54) is 32.1 Å². The molecule has 1 saturated heterocycles. The van der Waals surface area contributed by atoms with Crippen LogP contribution in [0.15, 0.2) is 16.5 Å². The quantitative estimate of drug-likeness (QED) is 0.856. The third kappa shape index (κ3) is 1.59. The Morgan fingerprint density at radius 3 is 2.50 bits per heavy atom. The van der Waals surface area contributed by atoms with Crippen molar-refractivity contribution in [1.82, 2.24) is 5.32 Å². The van der Waals surface area contributed by atoms with Crippen LogP contribution in [0.2, 0.25) is 5.22 Å². The van der Waals surface area contributed by atoms with Crippen molar-refractivity contribution >= 4 is 11.6 Å². The Labute approximate surface area is 101 Å². The zero-order valence-corrected chi connectivity index (χ0v) is 10.2. The Morgan fingerprint density at radius 2 is 2.00 bits per heavy atom. The van der Waals surface area contributed by atoms with Crippen LogP contribution in [0.1, 0.15) is 37.9 Å². The molecule has 2 heterocycles. The average molecular weight is 240 g/mol. The van der Waals surface area contributed by atoms with Crippen molar-refractivity contribution in [3.05, 3.63) is 23.1 Å². The molecule has 1 saturated carbocycles. The number of rotatable bonds is 2. The van der Waals surface area contributed by atoms with E-state index in [2.05, 4.69) is 11.4 Å². The van der Waals surface area contributed by atoms with Gasteiger partial charge in [-0.05, 0) is 68.4 Å². The monoisotopic (exact) mass is 239 g/mol. The van der Waals surface area contributed by atoms with Gasteiger partial charge in [0.2, 0.25) is 0 Å². The van der Waals surface area contributed by atoms with Gasteiger partial charge in [0.25, 0.3) is 0 Å². The molecule has 0 unspecified atom stereocenters. The first-order valence-electron chi connectivity index (χ1n) is 6.28. The first kappa shape index (κ1) is 10.7. The fraction of sp³-hybridized carbons (Fsp3) is 0.692. The standard InChI is InChI=1S/C13H18ClNO/c14-12-3-2-11(16-12)13(6-1-7-13)10-4-8-15-9-5-10/h2-3,10,15H,1,4-9H2. The van der Waals surface area contributed by atoms with Gasteiger partial charge in [0.15, 0.2) is 5.22 Å². The van der Waals surface area contributed by atoms with Gasteiger partial charge in [-0.3, -0.25) is 0 Å². The molecule has 88 valence electrons. The topological polar surface area (TPSA) is 25.2 Å². The summed E-state index contributed by atoms with van der Waals surface area (Å²) in [6.07, 6.45) is 6.45. The summed E-state index contributed by atoms with van der Waals surface area (Å²) in [7, 11) is 0. The highest BCUT2D eigenvalue weighted by atomic mass is 35.5. The Bertz CT molecular complexity index is 364. The van der Waals surface area contributed by atoms with Gasteiger partial charge in [0.1, 0.15) is 5.76 Å². The molecule has 0 amide bonds. The molecule has 2 nitrogen and oxygen atoms in total. The zero-order valence-electron chi connectivity index (χ0n) is 9.47. The highest BCUT2D eigenvalue weighted by Gasteiger charge is 2.47. The average Bonchev–Trinajstić information content (AvgIpc) is 2.65. The van der Waals surface area contributed by atoms with Crippen LogP contribution in [0.5, 0.6) is 0 Å². The first-order valence-corrected chi connectivity index (χ1v) is 6.66. The van der Waals surface area contributed by atoms with Crippen molar-refractivity contribution < 1.29 is 4.42 Å². The number of nitrogens with one attached hydrogen (secondary N) is 1. The molecule has 1 aliphatic carbocycles. The molecule has 0 atom stereocenters. The van der Waals surface area contributed by atoms with Crippen LogP contribution >= 0.6 is 11.6 Å². The number of hydrogen-bond donors (Lipinski definition) is 1. The van der Waals surface area contributed by atoms with E-state index in [0.29, 0.717) is 10.6 Å². The minimum Gasteiger partial charge on any atom is -0.449 e. The van der Waals surface area contributed by atoms with Gasteiger partial charge in [-0.1, -0.05) is 6.42 Å². The fourth-order valence-corrected chi connectivity index (χ4v) is 3.52. The summed E-state index contributed by atoms with van der Waals surface area (Å²) in [6, 6.07) is 3.97. The number of furan rings is 1. The van der Waals surface area contributed by atoms with Gasteiger partial charge >= 0.3 is 0 Å². The lowest BCUT2D eigenvalue weighted by Crippen LogP contribution is -2.46. The molecule has 3 heteroatoms. The highest BCUT2D eigenvalue weighted by molar-refractivity contribution is 6.28. The second kappa shape index (κ2) is 4.08. The number of halogens is 1. The van der Waals surface area contributed by atoms with Gasteiger partial charge in [0.05, 0.1) is 0 Å². The second-order valence-corrected chi connectivity index (χ2v) is 5.51. The Morgan fingerprint density at radius 1 is 1.25 bits per heavy atom. The van der Waals surface area contributed by atoms with Crippen LogP contribution in [0, 0.1) is 5.92 Å². The molecule has 1 aromatic heterocycles. The zero-order chi connectivity index (χ0) is 11.0. The molecule has 2 aliphatic rings. The highest BCUT2D eigenvalue weighted by Crippen LogP contribution is 2.52. The van der Waals surface area contributed by atoms with E-state index in [0.717, 1.165) is 24.8 Å². The molecule has 0 radical (unpaired) electrons. The lowest BCUT2D eigenvalue weighted by atomic mass is 9.57. The summed E-state index contributed by atoms with van der Waals surface area (Å²) in [5, 5.41) is 3.97. The first-order chi connectivity index (χ1) is 7.81. The lowest BCUT2D eigenvalue weighted by molar-refractivity contribution is 0.0914. The van der Waals surface area contributed by atoms with Crippen LogP contribution in [0.4, 0.5) is 0 Å². The van der Waals surface area contributed by atoms with E-state index in [4.69, 9.17) is 16.0 Å². The smallest absolute Gasteiger partial charge is 0.193 e. The molecule has 1 aliphatic heterocycles. The largest absolute Gasteiger partial charge is 0.449 e. The van der Waals surface area contributed by atoms with Crippen molar-refractivity contribution in [2.75, 3.05) is 13.1 Å². The maximum Gasteiger partial charge on any atom is 0.193 e. The molecule has 1 aromatic rings. The predicted molar refractivity (Wildman–Crippen MR) is 64.8 cm³/mol. The third-order valence-corrected chi connectivity index (χ3v) is 4.63. The maximum atomic E-state index is 5.91. The number of piperidine rings is 1. The van der Waals surface area contributed by atoms with Crippen LogP contribution in [0.25, 0.3) is 0 Å².